The molecule has 0 aliphatic rings. The fourth-order valence-corrected chi connectivity index (χ4v) is 4.30. The average Bonchev–Trinajstić information content (AvgIpc) is 3.24. The van der Waals surface area contributed by atoms with Crippen LogP contribution in [0.15, 0.2) is 64.7 Å². The molecule has 0 radical (unpaired) electrons. The van der Waals surface area contributed by atoms with Crippen molar-refractivity contribution in [2.75, 3.05) is 7.05 Å². The summed E-state index contributed by atoms with van der Waals surface area (Å²) in [7, 11) is -2.75. The van der Waals surface area contributed by atoms with Crippen LogP contribution in [0.25, 0.3) is 5.69 Å². The molecule has 3 aromatic rings. The van der Waals surface area contributed by atoms with Gasteiger partial charge in [-0.25, -0.2) is 27.1 Å². The molecule has 0 fully saturated rings. The molecule has 2 aromatic heterocycles. The smallest absolute Gasteiger partial charge is 0.332 e. The molecule has 3 rings (SSSR count). The van der Waals surface area contributed by atoms with Crippen LogP contribution in [0.3, 0.4) is 0 Å². The van der Waals surface area contributed by atoms with Gasteiger partial charge in [0.15, 0.2) is 11.3 Å². The standard InChI is InChI=1S/C22H21FN4O6S/c1-13-4-6-15(23)10-18(13)27-19(34(31,32)16-7-5-14(2)25-12-16)11-17(26-27)22(24-3)33-21(30)9-8-20(28)29/h4-12,22,24H,1-3H3,(H,28,29)/b9-8+. The van der Waals surface area contributed by atoms with Crippen LogP contribution in [0.1, 0.15) is 23.2 Å². The summed E-state index contributed by atoms with van der Waals surface area (Å²) in [4.78, 5) is 26.5. The van der Waals surface area contributed by atoms with Crippen molar-refractivity contribution in [3.63, 3.8) is 0 Å². The van der Waals surface area contributed by atoms with E-state index in [1.54, 1.807) is 13.8 Å². The highest BCUT2D eigenvalue weighted by atomic mass is 32.2. The Hall–Kier alpha value is -3.90. The Morgan fingerprint density at radius 1 is 1.18 bits per heavy atom. The van der Waals surface area contributed by atoms with Crippen LogP contribution in [0.4, 0.5) is 4.39 Å². The minimum atomic E-state index is -4.18. The van der Waals surface area contributed by atoms with Crippen molar-refractivity contribution in [3.05, 3.63) is 77.5 Å². The Balaban J connectivity index is 2.16. The van der Waals surface area contributed by atoms with E-state index in [-0.39, 0.29) is 21.3 Å². The first-order valence-corrected chi connectivity index (χ1v) is 11.3. The fourth-order valence-electron chi connectivity index (χ4n) is 2.98. The molecule has 2 N–H and O–H groups in total. The van der Waals surface area contributed by atoms with E-state index in [2.05, 4.69) is 15.4 Å². The summed E-state index contributed by atoms with van der Waals surface area (Å²) in [5.74, 6) is -2.94. The van der Waals surface area contributed by atoms with Gasteiger partial charge < -0.3 is 9.84 Å². The second-order valence-corrected chi connectivity index (χ2v) is 9.06. The van der Waals surface area contributed by atoms with Crippen molar-refractivity contribution in [1.29, 1.82) is 0 Å². The van der Waals surface area contributed by atoms with Crippen LogP contribution < -0.4 is 5.32 Å². The number of hydrogen-bond acceptors (Lipinski definition) is 8. The largest absolute Gasteiger partial charge is 0.478 e. The summed E-state index contributed by atoms with van der Waals surface area (Å²) in [6, 6.07) is 7.95. The molecule has 0 bridgehead atoms. The fraction of sp³-hybridized carbons (Fsp3) is 0.182. The van der Waals surface area contributed by atoms with Crippen molar-refractivity contribution < 1.29 is 32.2 Å². The summed E-state index contributed by atoms with van der Waals surface area (Å²) in [6.07, 6.45) is 1.28. The quantitative estimate of drug-likeness (QED) is 0.277. The molecule has 0 aliphatic carbocycles. The molecule has 1 aromatic carbocycles. The van der Waals surface area contributed by atoms with Crippen molar-refractivity contribution >= 4 is 21.8 Å². The lowest BCUT2D eigenvalue weighted by Crippen LogP contribution is -2.23. The Kier molecular flexibility index (Phi) is 7.23. The summed E-state index contributed by atoms with van der Waals surface area (Å²) in [5.41, 5.74) is 1.31. The van der Waals surface area contributed by atoms with Gasteiger partial charge in [0.05, 0.1) is 10.6 Å². The predicted molar refractivity (Wildman–Crippen MR) is 117 cm³/mol. The second-order valence-electron chi connectivity index (χ2n) is 7.17. The van der Waals surface area contributed by atoms with Gasteiger partial charge in [0.1, 0.15) is 11.5 Å². The second kappa shape index (κ2) is 9.93. The number of ether oxygens (including phenoxy) is 1. The highest BCUT2D eigenvalue weighted by Gasteiger charge is 2.29. The van der Waals surface area contributed by atoms with Gasteiger partial charge in [0, 0.05) is 30.1 Å². The Bertz CT molecular complexity index is 1370. The zero-order chi connectivity index (χ0) is 25.0. The van der Waals surface area contributed by atoms with Gasteiger partial charge in [-0.1, -0.05) is 6.07 Å². The van der Waals surface area contributed by atoms with E-state index in [0.717, 1.165) is 10.7 Å². The van der Waals surface area contributed by atoms with Crippen LogP contribution in [0.2, 0.25) is 0 Å². The van der Waals surface area contributed by atoms with Crippen molar-refractivity contribution in [2.45, 2.75) is 30.0 Å². The van der Waals surface area contributed by atoms with Gasteiger partial charge in [0.2, 0.25) is 9.84 Å². The van der Waals surface area contributed by atoms with E-state index in [9.17, 15) is 22.4 Å². The predicted octanol–water partition coefficient (Wildman–Crippen LogP) is 2.26. The number of carbonyl (C=O) groups is 2. The molecular formula is C22H21FN4O6S. The molecule has 0 spiro atoms. The van der Waals surface area contributed by atoms with Crippen LogP contribution in [-0.2, 0) is 24.2 Å². The Morgan fingerprint density at radius 3 is 2.53 bits per heavy atom. The van der Waals surface area contributed by atoms with Crippen molar-refractivity contribution in [2.24, 2.45) is 0 Å². The highest BCUT2D eigenvalue weighted by molar-refractivity contribution is 7.91. The zero-order valence-electron chi connectivity index (χ0n) is 18.4. The maximum Gasteiger partial charge on any atom is 0.332 e. The third-order valence-corrected chi connectivity index (χ3v) is 6.40. The number of halogens is 1. The monoisotopic (exact) mass is 488 g/mol. The van der Waals surface area contributed by atoms with E-state index < -0.39 is 33.8 Å². The molecule has 34 heavy (non-hydrogen) atoms. The van der Waals surface area contributed by atoms with Crippen molar-refractivity contribution in [3.8, 4) is 5.69 Å². The van der Waals surface area contributed by atoms with E-state index in [4.69, 9.17) is 9.84 Å². The van der Waals surface area contributed by atoms with Crippen LogP contribution in [0.5, 0.6) is 0 Å². The molecule has 12 heteroatoms. The minimum Gasteiger partial charge on any atom is -0.478 e. The Morgan fingerprint density at radius 2 is 1.91 bits per heavy atom. The van der Waals surface area contributed by atoms with Gasteiger partial charge >= 0.3 is 11.9 Å². The summed E-state index contributed by atoms with van der Waals surface area (Å²) in [5, 5.41) is 15.3. The number of carboxylic acids is 1. The molecule has 1 unspecified atom stereocenters. The number of sulfone groups is 1. The van der Waals surface area contributed by atoms with Gasteiger partial charge in [-0.3, -0.25) is 10.3 Å². The maximum absolute atomic E-state index is 14.0. The lowest BCUT2D eigenvalue weighted by Gasteiger charge is -2.13. The first kappa shape index (κ1) is 24.7. The molecule has 2 heterocycles. The van der Waals surface area contributed by atoms with E-state index in [1.807, 2.05) is 0 Å². The van der Waals surface area contributed by atoms with Gasteiger partial charge in [-0.2, -0.15) is 5.10 Å². The number of nitrogens with one attached hydrogen (secondary N) is 1. The first-order chi connectivity index (χ1) is 16.0. The molecular weight excluding hydrogens is 467 g/mol. The van der Waals surface area contributed by atoms with Crippen molar-refractivity contribution in [1.82, 2.24) is 20.1 Å². The third-order valence-electron chi connectivity index (χ3n) is 4.69. The summed E-state index contributed by atoms with van der Waals surface area (Å²) >= 11 is 0. The van der Waals surface area contributed by atoms with Crippen LogP contribution in [0, 0.1) is 19.7 Å². The number of pyridine rings is 1. The number of aryl methyl sites for hydroxylation is 2. The number of hydrogen-bond donors (Lipinski definition) is 2. The SMILES string of the molecule is CNC(OC(=O)/C=C/C(=O)O)c1cc(S(=O)(=O)c2ccc(C)nc2)n(-c2cc(F)ccc2C)n1. The minimum absolute atomic E-state index is 0.0121. The molecule has 178 valence electrons. The average molecular weight is 488 g/mol. The van der Waals surface area contributed by atoms with Gasteiger partial charge in [-0.15, -0.1) is 0 Å². The number of aliphatic carboxylic acids is 1. The number of rotatable bonds is 8. The van der Waals surface area contributed by atoms with Gasteiger partial charge in [0.25, 0.3) is 0 Å². The number of benzene rings is 1. The summed E-state index contributed by atoms with van der Waals surface area (Å²) in [6.45, 7) is 3.37. The molecule has 0 aliphatic heterocycles. The van der Waals surface area contributed by atoms with E-state index in [0.29, 0.717) is 23.4 Å². The lowest BCUT2D eigenvalue weighted by atomic mass is 10.2. The molecule has 0 saturated carbocycles. The van der Waals surface area contributed by atoms with Gasteiger partial charge in [-0.05, 0) is 50.7 Å². The normalized spacial score (nSPS) is 12.6. The zero-order valence-corrected chi connectivity index (χ0v) is 19.2. The van der Waals surface area contributed by atoms with E-state index in [1.165, 1.54) is 43.6 Å². The molecule has 0 saturated heterocycles. The van der Waals surface area contributed by atoms with E-state index >= 15 is 0 Å². The number of carboxylic acid groups (broad SMARTS) is 1. The summed E-state index contributed by atoms with van der Waals surface area (Å²) < 4.78 is 47.2. The van der Waals surface area contributed by atoms with Crippen LogP contribution in [-0.4, -0.2) is 47.3 Å². The third kappa shape index (κ3) is 5.35. The highest BCUT2D eigenvalue weighted by Crippen LogP contribution is 2.28. The molecule has 0 amide bonds. The van der Waals surface area contributed by atoms with Crippen LogP contribution >= 0.6 is 0 Å². The molecule has 1 atom stereocenters. The lowest BCUT2D eigenvalue weighted by molar-refractivity contribution is -0.145. The number of aromatic nitrogens is 3. The number of nitrogens with zero attached hydrogens (tertiary/aromatic N) is 3. The Labute approximate surface area is 194 Å². The number of carbonyl (C=O) groups excluding carboxylic acids is 1. The topological polar surface area (TPSA) is 140 Å². The maximum atomic E-state index is 14.0. The first-order valence-electron chi connectivity index (χ1n) is 9.86. The molecule has 10 nitrogen and oxygen atoms in total. The number of esters is 1.